The number of rotatable bonds is 4. The van der Waals surface area contributed by atoms with Gasteiger partial charge in [-0.25, -0.2) is 14.4 Å². The monoisotopic (exact) mass is 431 g/mol. The van der Waals surface area contributed by atoms with Crippen LogP contribution in [0.25, 0.3) is 28.6 Å². The first-order valence-corrected chi connectivity index (χ1v) is 10.3. The number of nitrogens with one attached hydrogen (secondary N) is 1. The van der Waals surface area contributed by atoms with E-state index in [0.29, 0.717) is 35.0 Å². The zero-order chi connectivity index (χ0) is 22.3. The molecule has 2 aliphatic heterocycles. The van der Waals surface area contributed by atoms with Crippen molar-refractivity contribution in [2.75, 3.05) is 7.11 Å². The van der Waals surface area contributed by atoms with Crippen molar-refractivity contribution in [2.45, 2.75) is 31.1 Å². The molecule has 3 aromatic rings. The first-order valence-electron chi connectivity index (χ1n) is 10.3. The van der Waals surface area contributed by atoms with Gasteiger partial charge in [0.05, 0.1) is 24.4 Å². The Kier molecular flexibility index (Phi) is 4.94. The molecule has 1 fully saturated rings. The van der Waals surface area contributed by atoms with E-state index in [1.54, 1.807) is 43.8 Å². The summed E-state index contributed by atoms with van der Waals surface area (Å²) in [4.78, 5) is 8.43. The van der Waals surface area contributed by atoms with E-state index in [0.717, 1.165) is 11.1 Å². The van der Waals surface area contributed by atoms with Crippen LogP contribution >= 0.6 is 0 Å². The molecule has 2 bridgehead atoms. The fourth-order valence-corrected chi connectivity index (χ4v) is 4.23. The largest absolute Gasteiger partial charge is 0.507 e. The molecule has 0 aliphatic carbocycles. The van der Waals surface area contributed by atoms with Gasteiger partial charge >= 0.3 is 0 Å². The summed E-state index contributed by atoms with van der Waals surface area (Å²) in [6.07, 6.45) is 8.25. The predicted molar refractivity (Wildman–Crippen MR) is 119 cm³/mol. The Morgan fingerprint density at radius 2 is 2.03 bits per heavy atom. The zero-order valence-electron chi connectivity index (χ0n) is 17.7. The number of piperidine rings is 1. The zero-order valence-corrected chi connectivity index (χ0v) is 17.7. The van der Waals surface area contributed by atoms with Gasteiger partial charge in [0.25, 0.3) is 0 Å². The normalized spacial score (nSPS) is 25.3. The molecular formula is C24H22FN5O2. The molecule has 3 atom stereocenters. The maximum Gasteiger partial charge on any atom is 0.213 e. The Labute approximate surface area is 184 Å². The Morgan fingerprint density at radius 1 is 1.19 bits per heavy atom. The molecule has 2 N–H and O–H groups in total. The number of methoxy groups -OCH3 is 1. The van der Waals surface area contributed by atoms with Crippen molar-refractivity contribution in [3.8, 4) is 34.1 Å². The van der Waals surface area contributed by atoms with Crippen LogP contribution in [0, 0.1) is 0 Å². The van der Waals surface area contributed by atoms with Crippen LogP contribution < -0.4 is 10.1 Å². The van der Waals surface area contributed by atoms with Gasteiger partial charge in [0.15, 0.2) is 5.82 Å². The van der Waals surface area contributed by atoms with Crippen LogP contribution in [-0.4, -0.2) is 50.1 Å². The summed E-state index contributed by atoms with van der Waals surface area (Å²) in [5, 5.41) is 22.2. The number of hydrogen-bond donors (Lipinski definition) is 2. The maximum atomic E-state index is 14.9. The van der Waals surface area contributed by atoms with Crippen LogP contribution in [0.4, 0.5) is 4.39 Å². The molecule has 0 spiro atoms. The van der Waals surface area contributed by atoms with Crippen molar-refractivity contribution >= 4 is 6.08 Å². The standard InChI is InChI=1S/C24H22FN5O2/c1-24-7-5-17(28-24)9-16(22(24)25)10-18-13-27-23(30-29-18)19-4-3-14(11-20(19)31)15-6-8-26-21(12-15)32-2/h3-8,10-13,17,22,28,31H,9H2,1-2H3/b16-10+/t17-,22-,24+/m1/s1. The van der Waals surface area contributed by atoms with E-state index in [9.17, 15) is 9.50 Å². The molecule has 0 amide bonds. The molecule has 0 saturated carbocycles. The summed E-state index contributed by atoms with van der Waals surface area (Å²) in [6, 6.07) is 8.98. The number of pyridine rings is 1. The number of phenols is 1. The van der Waals surface area contributed by atoms with Gasteiger partial charge in [0, 0.05) is 18.3 Å². The van der Waals surface area contributed by atoms with E-state index in [1.165, 1.54) is 0 Å². The lowest BCUT2D eigenvalue weighted by Gasteiger charge is -2.36. The molecule has 2 aliphatic rings. The second kappa shape index (κ2) is 7.80. The van der Waals surface area contributed by atoms with Gasteiger partial charge in [0.2, 0.25) is 5.88 Å². The van der Waals surface area contributed by atoms with E-state index >= 15 is 0 Å². The van der Waals surface area contributed by atoms with Gasteiger partial charge in [-0.2, -0.15) is 0 Å². The fourth-order valence-electron chi connectivity index (χ4n) is 4.23. The molecule has 2 aromatic heterocycles. The van der Waals surface area contributed by atoms with E-state index in [1.807, 2.05) is 31.2 Å². The average Bonchev–Trinajstić information content (AvgIpc) is 3.15. The first kappa shape index (κ1) is 20.3. The lowest BCUT2D eigenvalue weighted by Crippen LogP contribution is -2.53. The molecular weight excluding hydrogens is 409 g/mol. The molecule has 5 rings (SSSR count). The van der Waals surface area contributed by atoms with Crippen molar-refractivity contribution in [2.24, 2.45) is 0 Å². The Bertz CT molecular complexity index is 1230. The lowest BCUT2D eigenvalue weighted by molar-refractivity contribution is 0.210. The summed E-state index contributed by atoms with van der Waals surface area (Å²) in [5.74, 6) is 0.814. The molecule has 32 heavy (non-hydrogen) atoms. The molecule has 4 heterocycles. The maximum absolute atomic E-state index is 14.9. The minimum Gasteiger partial charge on any atom is -0.507 e. The SMILES string of the molecule is COc1cc(-c2ccc(-c3ncc(/C=C4\C[C@H]5C=C[C@](C)(N5)[C@@H]4F)nn3)c(O)c2)ccn1. The predicted octanol–water partition coefficient (Wildman–Crippen LogP) is 3.73. The molecule has 0 unspecified atom stereocenters. The van der Waals surface area contributed by atoms with Crippen LogP contribution in [0.1, 0.15) is 19.0 Å². The van der Waals surface area contributed by atoms with E-state index in [4.69, 9.17) is 4.74 Å². The van der Waals surface area contributed by atoms with Gasteiger partial charge < -0.3 is 9.84 Å². The summed E-state index contributed by atoms with van der Waals surface area (Å²) in [6.45, 7) is 1.85. The van der Waals surface area contributed by atoms with E-state index in [2.05, 4.69) is 25.5 Å². The van der Waals surface area contributed by atoms with Crippen LogP contribution in [-0.2, 0) is 0 Å². The minimum absolute atomic E-state index is 0.0314. The molecule has 8 heteroatoms. The minimum atomic E-state index is -1.14. The highest BCUT2D eigenvalue weighted by Gasteiger charge is 2.44. The number of benzene rings is 1. The van der Waals surface area contributed by atoms with E-state index in [-0.39, 0.29) is 11.8 Å². The number of halogens is 1. The number of hydrogen-bond acceptors (Lipinski definition) is 7. The molecule has 0 radical (unpaired) electrons. The highest BCUT2D eigenvalue weighted by molar-refractivity contribution is 5.73. The van der Waals surface area contributed by atoms with Gasteiger partial charge in [0.1, 0.15) is 17.6 Å². The molecule has 162 valence electrons. The first-order chi connectivity index (χ1) is 15.4. The van der Waals surface area contributed by atoms with Crippen LogP contribution in [0.5, 0.6) is 11.6 Å². The van der Waals surface area contributed by atoms with Crippen LogP contribution in [0.2, 0.25) is 0 Å². The lowest BCUT2D eigenvalue weighted by atomic mass is 9.86. The van der Waals surface area contributed by atoms with Crippen molar-refractivity contribution in [1.82, 2.24) is 25.5 Å². The van der Waals surface area contributed by atoms with Crippen molar-refractivity contribution in [3.05, 3.63) is 66.1 Å². The number of aromatic nitrogens is 4. The third kappa shape index (κ3) is 3.62. The highest BCUT2D eigenvalue weighted by Crippen LogP contribution is 2.37. The van der Waals surface area contributed by atoms with Gasteiger partial charge in [-0.05, 0) is 54.3 Å². The Morgan fingerprint density at radius 3 is 2.78 bits per heavy atom. The van der Waals surface area contributed by atoms with Crippen molar-refractivity contribution in [3.63, 3.8) is 0 Å². The third-order valence-electron chi connectivity index (χ3n) is 5.91. The number of ether oxygens (including phenoxy) is 1. The van der Waals surface area contributed by atoms with Crippen LogP contribution in [0.15, 0.2) is 60.5 Å². The number of alkyl halides is 1. The number of aromatic hydroxyl groups is 1. The van der Waals surface area contributed by atoms with Gasteiger partial charge in [-0.15, -0.1) is 10.2 Å². The summed E-state index contributed by atoms with van der Waals surface area (Å²) < 4.78 is 20.1. The Hall–Kier alpha value is -3.65. The Balaban J connectivity index is 1.38. The summed E-state index contributed by atoms with van der Waals surface area (Å²) in [5.41, 5.74) is 2.60. The smallest absolute Gasteiger partial charge is 0.213 e. The average molecular weight is 431 g/mol. The second-order valence-corrected chi connectivity index (χ2v) is 8.20. The molecule has 1 saturated heterocycles. The highest BCUT2D eigenvalue weighted by atomic mass is 19.1. The summed E-state index contributed by atoms with van der Waals surface area (Å²) >= 11 is 0. The number of nitrogens with zero attached hydrogens (tertiary/aromatic N) is 4. The van der Waals surface area contributed by atoms with Crippen LogP contribution in [0.3, 0.4) is 0 Å². The van der Waals surface area contributed by atoms with Crippen molar-refractivity contribution < 1.29 is 14.2 Å². The third-order valence-corrected chi connectivity index (χ3v) is 5.91. The molecule has 1 aromatic carbocycles. The van der Waals surface area contributed by atoms with Gasteiger partial charge in [-0.1, -0.05) is 18.2 Å². The number of fused-ring (bicyclic) bond motifs is 2. The van der Waals surface area contributed by atoms with E-state index < -0.39 is 11.7 Å². The quantitative estimate of drug-likeness (QED) is 0.608. The number of phenolic OH excluding ortho intramolecular Hbond substituents is 1. The second-order valence-electron chi connectivity index (χ2n) is 8.20. The summed E-state index contributed by atoms with van der Waals surface area (Å²) in [7, 11) is 1.55. The van der Waals surface area contributed by atoms with Crippen molar-refractivity contribution in [1.29, 1.82) is 0 Å². The molecule has 7 nitrogen and oxygen atoms in total. The fraction of sp³-hybridized carbons (Fsp3) is 0.250. The topological polar surface area (TPSA) is 93.0 Å². The van der Waals surface area contributed by atoms with Gasteiger partial charge in [-0.3, -0.25) is 5.32 Å².